The highest BCUT2D eigenvalue weighted by Gasteiger charge is 2.18. The maximum Gasteiger partial charge on any atom is 0.414 e. The van der Waals surface area contributed by atoms with E-state index in [1.807, 2.05) is 18.2 Å². The molecule has 2 heterocycles. The minimum Gasteiger partial charge on any atom is -0.450 e. The van der Waals surface area contributed by atoms with E-state index >= 15 is 0 Å². The van der Waals surface area contributed by atoms with Gasteiger partial charge in [-0.15, -0.1) is 11.3 Å². The van der Waals surface area contributed by atoms with E-state index in [0.29, 0.717) is 10.6 Å². The first-order chi connectivity index (χ1) is 12.6. The molecule has 0 spiro atoms. The van der Waals surface area contributed by atoms with E-state index in [0.717, 1.165) is 10.9 Å². The standard InChI is InChI=1S/C18H17N3O4S/c1-2-25-18(24)21-16(23)13-7-9-26-17(13)20-15(22)12-6-5-11-4-3-8-19-14(11)10-12/h3-10,15,20,22H,2H2,1H3,(H,21,23,24). The summed E-state index contributed by atoms with van der Waals surface area (Å²) in [6, 6.07) is 10.8. The molecule has 0 bridgehead atoms. The van der Waals surface area contributed by atoms with Crippen molar-refractivity contribution in [2.45, 2.75) is 13.2 Å². The van der Waals surface area contributed by atoms with E-state index < -0.39 is 18.2 Å². The number of rotatable bonds is 5. The molecule has 2 aromatic heterocycles. The minimum absolute atomic E-state index is 0.169. The Bertz CT molecular complexity index is 941. The Labute approximate surface area is 153 Å². The van der Waals surface area contributed by atoms with E-state index in [1.165, 1.54) is 11.3 Å². The number of aromatic nitrogens is 1. The van der Waals surface area contributed by atoms with Crippen LogP contribution >= 0.6 is 11.3 Å². The number of hydrogen-bond donors (Lipinski definition) is 3. The first-order valence-corrected chi connectivity index (χ1v) is 8.81. The lowest BCUT2D eigenvalue weighted by atomic mass is 10.1. The maximum absolute atomic E-state index is 12.2. The Morgan fingerprint density at radius 3 is 2.96 bits per heavy atom. The summed E-state index contributed by atoms with van der Waals surface area (Å²) in [5.41, 5.74) is 1.62. The predicted molar refractivity (Wildman–Crippen MR) is 99.1 cm³/mol. The van der Waals surface area contributed by atoms with Gasteiger partial charge in [-0.1, -0.05) is 18.2 Å². The van der Waals surface area contributed by atoms with Gasteiger partial charge in [-0.25, -0.2) is 4.79 Å². The van der Waals surface area contributed by atoms with Crippen LogP contribution in [0.15, 0.2) is 48.0 Å². The van der Waals surface area contributed by atoms with E-state index in [2.05, 4.69) is 15.6 Å². The number of aliphatic hydroxyl groups excluding tert-OH is 1. The summed E-state index contributed by atoms with van der Waals surface area (Å²) in [5, 5.41) is 18.6. The number of ether oxygens (including phenoxy) is 1. The van der Waals surface area contributed by atoms with Crippen molar-refractivity contribution in [3.05, 3.63) is 59.1 Å². The molecular weight excluding hydrogens is 354 g/mol. The number of benzene rings is 1. The minimum atomic E-state index is -1.03. The molecule has 1 atom stereocenters. The molecule has 1 aromatic carbocycles. The van der Waals surface area contributed by atoms with Crippen LogP contribution in [0.1, 0.15) is 29.1 Å². The van der Waals surface area contributed by atoms with E-state index in [-0.39, 0.29) is 12.2 Å². The monoisotopic (exact) mass is 371 g/mol. The Morgan fingerprint density at radius 1 is 1.31 bits per heavy atom. The van der Waals surface area contributed by atoms with Crippen molar-refractivity contribution in [2.24, 2.45) is 0 Å². The third kappa shape index (κ3) is 3.98. The highest BCUT2D eigenvalue weighted by molar-refractivity contribution is 7.14. The van der Waals surface area contributed by atoms with E-state index in [9.17, 15) is 14.7 Å². The number of anilines is 1. The van der Waals surface area contributed by atoms with Crippen LogP contribution in [0.2, 0.25) is 0 Å². The summed E-state index contributed by atoms with van der Waals surface area (Å²) < 4.78 is 4.70. The molecule has 0 saturated heterocycles. The number of carbonyl (C=O) groups excluding carboxylic acids is 2. The predicted octanol–water partition coefficient (Wildman–Crippen LogP) is 3.29. The second-order valence-corrected chi connectivity index (χ2v) is 6.26. The van der Waals surface area contributed by atoms with Crippen molar-refractivity contribution >= 4 is 39.2 Å². The molecule has 0 fully saturated rings. The Morgan fingerprint density at radius 2 is 2.15 bits per heavy atom. The van der Waals surface area contributed by atoms with Crippen LogP contribution in [-0.2, 0) is 4.74 Å². The van der Waals surface area contributed by atoms with Crippen molar-refractivity contribution in [1.82, 2.24) is 10.3 Å². The third-order valence-electron chi connectivity index (χ3n) is 3.61. The van der Waals surface area contributed by atoms with Crippen molar-refractivity contribution in [2.75, 3.05) is 11.9 Å². The molecule has 0 saturated carbocycles. The summed E-state index contributed by atoms with van der Waals surface area (Å²) in [5.74, 6) is -0.598. The Hall–Kier alpha value is -2.97. The number of fused-ring (bicyclic) bond motifs is 1. The second kappa shape index (κ2) is 7.94. The van der Waals surface area contributed by atoms with Gasteiger partial charge >= 0.3 is 6.09 Å². The van der Waals surface area contributed by atoms with Crippen LogP contribution in [0.4, 0.5) is 9.80 Å². The first-order valence-electron chi connectivity index (χ1n) is 7.93. The number of nitrogens with zero attached hydrogens (tertiary/aromatic N) is 1. The molecule has 3 rings (SSSR count). The molecule has 0 aliphatic carbocycles. The smallest absolute Gasteiger partial charge is 0.414 e. The summed E-state index contributed by atoms with van der Waals surface area (Å²) in [7, 11) is 0. The zero-order valence-electron chi connectivity index (χ0n) is 13.9. The number of alkyl carbamates (subject to hydrolysis) is 1. The lowest BCUT2D eigenvalue weighted by Gasteiger charge is -2.15. The molecule has 1 unspecified atom stereocenters. The average molecular weight is 371 g/mol. The highest BCUT2D eigenvalue weighted by Crippen LogP contribution is 2.28. The average Bonchev–Trinajstić information content (AvgIpc) is 3.09. The van der Waals surface area contributed by atoms with Crippen LogP contribution in [0.5, 0.6) is 0 Å². The Balaban J connectivity index is 1.75. The van der Waals surface area contributed by atoms with Gasteiger partial charge in [0.1, 0.15) is 5.00 Å². The molecule has 0 radical (unpaired) electrons. The van der Waals surface area contributed by atoms with Gasteiger partial charge in [0.05, 0.1) is 17.7 Å². The fourth-order valence-corrected chi connectivity index (χ4v) is 3.20. The molecule has 0 aliphatic heterocycles. The summed E-state index contributed by atoms with van der Waals surface area (Å²) >= 11 is 1.25. The lowest BCUT2D eigenvalue weighted by molar-refractivity contribution is 0.0926. The van der Waals surface area contributed by atoms with Crippen LogP contribution in [-0.4, -0.2) is 28.7 Å². The molecule has 3 aromatic rings. The van der Waals surface area contributed by atoms with E-state index in [4.69, 9.17) is 4.74 Å². The largest absolute Gasteiger partial charge is 0.450 e. The van der Waals surface area contributed by atoms with Crippen molar-refractivity contribution in [3.63, 3.8) is 0 Å². The van der Waals surface area contributed by atoms with Gasteiger partial charge in [0.15, 0.2) is 6.23 Å². The number of imide groups is 1. The summed E-state index contributed by atoms with van der Waals surface area (Å²) in [4.78, 5) is 27.8. The van der Waals surface area contributed by atoms with Crippen molar-refractivity contribution in [3.8, 4) is 0 Å². The zero-order valence-corrected chi connectivity index (χ0v) is 14.7. The number of nitrogens with one attached hydrogen (secondary N) is 2. The molecule has 8 heteroatoms. The number of thiophene rings is 1. The van der Waals surface area contributed by atoms with Crippen molar-refractivity contribution < 1.29 is 19.4 Å². The highest BCUT2D eigenvalue weighted by atomic mass is 32.1. The number of amides is 2. The molecule has 26 heavy (non-hydrogen) atoms. The van der Waals surface area contributed by atoms with Crippen molar-refractivity contribution in [1.29, 1.82) is 0 Å². The second-order valence-electron chi connectivity index (χ2n) is 5.34. The van der Waals surface area contributed by atoms with Crippen LogP contribution in [0.3, 0.4) is 0 Å². The topological polar surface area (TPSA) is 101 Å². The Kier molecular flexibility index (Phi) is 5.45. The van der Waals surface area contributed by atoms with Gasteiger partial charge in [-0.05, 0) is 30.5 Å². The normalized spacial score (nSPS) is 11.8. The van der Waals surface area contributed by atoms with Crippen LogP contribution in [0, 0.1) is 0 Å². The third-order valence-corrected chi connectivity index (χ3v) is 4.46. The van der Waals surface area contributed by atoms with Gasteiger partial charge in [0.25, 0.3) is 5.91 Å². The van der Waals surface area contributed by atoms with Gasteiger partial charge in [-0.3, -0.25) is 15.1 Å². The van der Waals surface area contributed by atoms with Crippen LogP contribution in [0.25, 0.3) is 10.9 Å². The number of aliphatic hydroxyl groups is 1. The molecule has 3 N–H and O–H groups in total. The van der Waals surface area contributed by atoms with Gasteiger partial charge < -0.3 is 15.2 Å². The molecular formula is C18H17N3O4S. The number of pyridine rings is 1. The molecule has 134 valence electrons. The first kappa shape index (κ1) is 17.8. The van der Waals surface area contributed by atoms with E-state index in [1.54, 1.807) is 36.7 Å². The number of carbonyl (C=O) groups is 2. The summed E-state index contributed by atoms with van der Waals surface area (Å²) in [6.07, 6.45) is -0.159. The van der Waals surface area contributed by atoms with Crippen LogP contribution < -0.4 is 10.6 Å². The fourth-order valence-electron chi connectivity index (χ4n) is 2.39. The van der Waals surface area contributed by atoms with Gasteiger partial charge in [0.2, 0.25) is 0 Å². The lowest BCUT2D eigenvalue weighted by Crippen LogP contribution is -2.31. The molecule has 0 aliphatic rings. The molecule has 2 amide bonds. The zero-order chi connectivity index (χ0) is 18.5. The van der Waals surface area contributed by atoms with Gasteiger partial charge in [0, 0.05) is 17.1 Å². The SMILES string of the molecule is CCOC(=O)NC(=O)c1ccsc1NC(O)c1ccc2cccnc2c1. The molecule has 7 nitrogen and oxygen atoms in total. The number of hydrogen-bond acceptors (Lipinski definition) is 7. The maximum atomic E-state index is 12.2. The quantitative estimate of drug-likeness (QED) is 0.595. The van der Waals surface area contributed by atoms with Gasteiger partial charge in [-0.2, -0.15) is 0 Å². The summed E-state index contributed by atoms with van der Waals surface area (Å²) in [6.45, 7) is 1.82. The fraction of sp³-hybridized carbons (Fsp3) is 0.167.